The Morgan fingerprint density at radius 3 is 2.14 bits per heavy atom. The number of fused-ring (bicyclic) bond motifs is 1. The summed E-state index contributed by atoms with van der Waals surface area (Å²) in [4.78, 5) is 0.456. The van der Waals surface area contributed by atoms with Crippen LogP contribution in [0.15, 0.2) is 59.5 Å². The van der Waals surface area contributed by atoms with Crippen LogP contribution >= 0.6 is 0 Å². The molecule has 29 heavy (non-hydrogen) atoms. The molecule has 4 nitrogen and oxygen atoms in total. The third kappa shape index (κ3) is 4.02. The van der Waals surface area contributed by atoms with E-state index in [4.69, 9.17) is 4.74 Å². The van der Waals surface area contributed by atoms with Crippen LogP contribution in [0.3, 0.4) is 0 Å². The molecule has 3 aromatic rings. The molecule has 1 heterocycles. The molecule has 0 bridgehead atoms. The molecule has 1 saturated heterocycles. The molecule has 3 aromatic carbocycles. The van der Waals surface area contributed by atoms with E-state index >= 15 is 0 Å². The van der Waals surface area contributed by atoms with E-state index < -0.39 is 10.0 Å². The van der Waals surface area contributed by atoms with Crippen LogP contribution in [0.5, 0.6) is 5.75 Å². The summed E-state index contributed by atoms with van der Waals surface area (Å²) >= 11 is 0. The number of ether oxygens (including phenoxy) is 1. The minimum absolute atomic E-state index is 0.0304. The molecule has 0 radical (unpaired) electrons. The summed E-state index contributed by atoms with van der Waals surface area (Å²) in [6.45, 7) is 6.71. The van der Waals surface area contributed by atoms with E-state index in [9.17, 15) is 8.42 Å². The van der Waals surface area contributed by atoms with Crippen molar-refractivity contribution < 1.29 is 13.2 Å². The lowest BCUT2D eigenvalue weighted by atomic mass is 10.1. The Bertz CT molecular complexity index is 1120. The summed E-state index contributed by atoms with van der Waals surface area (Å²) in [5, 5.41) is 2.33. The maximum absolute atomic E-state index is 13.2. The third-order valence-corrected chi connectivity index (χ3v) is 7.83. The van der Waals surface area contributed by atoms with Crippen LogP contribution in [0.1, 0.15) is 29.5 Å². The minimum atomic E-state index is -3.49. The van der Waals surface area contributed by atoms with Crippen molar-refractivity contribution in [2.75, 3.05) is 13.1 Å². The first-order valence-corrected chi connectivity index (χ1v) is 11.5. The fraction of sp³-hybridized carbons (Fsp3) is 0.333. The van der Waals surface area contributed by atoms with Crippen LogP contribution in [0.2, 0.25) is 0 Å². The Kier molecular flexibility index (Phi) is 5.36. The highest BCUT2D eigenvalue weighted by atomic mass is 32.2. The zero-order valence-corrected chi connectivity index (χ0v) is 18.0. The van der Waals surface area contributed by atoms with Crippen molar-refractivity contribution in [3.05, 3.63) is 71.3 Å². The van der Waals surface area contributed by atoms with Crippen molar-refractivity contribution in [3.63, 3.8) is 0 Å². The molecule has 0 aromatic heterocycles. The predicted molar refractivity (Wildman–Crippen MR) is 117 cm³/mol. The highest BCUT2D eigenvalue weighted by Gasteiger charge is 2.32. The van der Waals surface area contributed by atoms with Gasteiger partial charge in [-0.2, -0.15) is 4.31 Å². The molecule has 0 aliphatic carbocycles. The molecule has 0 saturated carbocycles. The van der Waals surface area contributed by atoms with E-state index in [0.29, 0.717) is 30.8 Å². The SMILES string of the molecule is Cc1cc(C)c(S(=O)(=O)N2CCC(Oc3ccc4ccccc4c3)CC2)c(C)c1. The minimum Gasteiger partial charge on any atom is -0.490 e. The number of aryl methyl sites for hydroxylation is 3. The molecule has 0 spiro atoms. The summed E-state index contributed by atoms with van der Waals surface area (Å²) in [7, 11) is -3.49. The van der Waals surface area contributed by atoms with Gasteiger partial charge in [-0.3, -0.25) is 0 Å². The first kappa shape index (κ1) is 19.9. The molecule has 1 aliphatic heterocycles. The number of hydrogen-bond acceptors (Lipinski definition) is 3. The molecule has 0 amide bonds. The van der Waals surface area contributed by atoms with E-state index in [1.165, 1.54) is 5.39 Å². The molecule has 0 atom stereocenters. The van der Waals surface area contributed by atoms with Gasteiger partial charge in [0.15, 0.2) is 0 Å². The Hall–Kier alpha value is -2.37. The van der Waals surface area contributed by atoms with Crippen molar-refractivity contribution in [2.24, 2.45) is 0 Å². The Morgan fingerprint density at radius 2 is 1.48 bits per heavy atom. The summed E-state index contributed by atoms with van der Waals surface area (Å²) in [5.41, 5.74) is 2.72. The van der Waals surface area contributed by atoms with E-state index in [-0.39, 0.29) is 6.10 Å². The topological polar surface area (TPSA) is 46.6 Å². The van der Waals surface area contributed by atoms with Crippen LogP contribution in [0.4, 0.5) is 0 Å². The second-order valence-corrected chi connectivity index (χ2v) is 9.83. The second kappa shape index (κ2) is 7.81. The average molecular weight is 410 g/mol. The van der Waals surface area contributed by atoms with Gasteiger partial charge in [0.25, 0.3) is 0 Å². The highest BCUT2D eigenvalue weighted by Crippen LogP contribution is 2.29. The summed E-state index contributed by atoms with van der Waals surface area (Å²) in [6.07, 6.45) is 1.41. The molecular weight excluding hydrogens is 382 g/mol. The highest BCUT2D eigenvalue weighted by molar-refractivity contribution is 7.89. The maximum Gasteiger partial charge on any atom is 0.243 e. The van der Waals surface area contributed by atoms with Gasteiger partial charge < -0.3 is 4.74 Å². The van der Waals surface area contributed by atoms with Crippen LogP contribution in [-0.2, 0) is 10.0 Å². The normalized spacial score (nSPS) is 16.2. The molecule has 4 rings (SSSR count). The standard InChI is InChI=1S/C24H27NO3S/c1-17-14-18(2)24(19(3)15-17)29(26,27)25-12-10-22(11-13-25)28-23-9-8-20-6-4-5-7-21(20)16-23/h4-9,14-16,22H,10-13H2,1-3H3. The Morgan fingerprint density at radius 1 is 0.862 bits per heavy atom. The van der Waals surface area contributed by atoms with Gasteiger partial charge in [-0.15, -0.1) is 0 Å². The van der Waals surface area contributed by atoms with Gasteiger partial charge in [-0.25, -0.2) is 8.42 Å². The van der Waals surface area contributed by atoms with Gasteiger partial charge >= 0.3 is 0 Å². The number of sulfonamides is 1. The lowest BCUT2D eigenvalue weighted by molar-refractivity contribution is 0.135. The molecular formula is C24H27NO3S. The summed E-state index contributed by atoms with van der Waals surface area (Å²) < 4.78 is 34.3. The van der Waals surface area contributed by atoms with Gasteiger partial charge in [0.1, 0.15) is 11.9 Å². The van der Waals surface area contributed by atoms with Crippen molar-refractivity contribution in [1.29, 1.82) is 0 Å². The first-order valence-electron chi connectivity index (χ1n) is 10.1. The average Bonchev–Trinajstić information content (AvgIpc) is 2.67. The molecule has 0 N–H and O–H groups in total. The van der Waals surface area contributed by atoms with Gasteiger partial charge in [-0.1, -0.05) is 48.0 Å². The summed E-state index contributed by atoms with van der Waals surface area (Å²) in [6, 6.07) is 18.2. The number of nitrogens with zero attached hydrogens (tertiary/aromatic N) is 1. The van der Waals surface area contributed by atoms with E-state index in [0.717, 1.165) is 27.8 Å². The Labute approximate surface area is 173 Å². The number of rotatable bonds is 4. The van der Waals surface area contributed by atoms with Gasteiger partial charge in [0, 0.05) is 13.1 Å². The largest absolute Gasteiger partial charge is 0.490 e. The molecule has 1 aliphatic rings. The number of benzene rings is 3. The third-order valence-electron chi connectivity index (χ3n) is 5.63. The lowest BCUT2D eigenvalue weighted by Crippen LogP contribution is -2.42. The van der Waals surface area contributed by atoms with Gasteiger partial charge in [0.2, 0.25) is 10.0 Å². The van der Waals surface area contributed by atoms with Crippen molar-refractivity contribution in [2.45, 2.75) is 44.6 Å². The number of hydrogen-bond donors (Lipinski definition) is 0. The predicted octanol–water partition coefficient (Wildman–Crippen LogP) is 5.00. The zero-order chi connectivity index (χ0) is 20.6. The zero-order valence-electron chi connectivity index (χ0n) is 17.2. The fourth-order valence-electron chi connectivity index (χ4n) is 4.33. The first-order chi connectivity index (χ1) is 13.8. The van der Waals surface area contributed by atoms with Crippen LogP contribution in [-0.4, -0.2) is 31.9 Å². The van der Waals surface area contributed by atoms with Crippen LogP contribution in [0, 0.1) is 20.8 Å². The lowest BCUT2D eigenvalue weighted by Gasteiger charge is -2.32. The van der Waals surface area contributed by atoms with E-state index in [1.807, 2.05) is 51.1 Å². The van der Waals surface area contributed by atoms with Crippen molar-refractivity contribution >= 4 is 20.8 Å². The monoisotopic (exact) mass is 409 g/mol. The molecule has 0 unspecified atom stereocenters. The molecule has 1 fully saturated rings. The summed E-state index contributed by atoms with van der Waals surface area (Å²) in [5.74, 6) is 0.843. The number of piperidine rings is 1. The van der Waals surface area contributed by atoms with Crippen molar-refractivity contribution in [1.82, 2.24) is 4.31 Å². The fourth-order valence-corrected chi connectivity index (χ4v) is 6.21. The van der Waals surface area contributed by atoms with E-state index in [2.05, 4.69) is 24.3 Å². The quantitative estimate of drug-likeness (QED) is 0.609. The van der Waals surface area contributed by atoms with Crippen LogP contribution < -0.4 is 4.74 Å². The Balaban J connectivity index is 1.46. The van der Waals surface area contributed by atoms with Crippen LogP contribution in [0.25, 0.3) is 10.8 Å². The maximum atomic E-state index is 13.2. The van der Waals surface area contributed by atoms with Crippen molar-refractivity contribution in [3.8, 4) is 5.75 Å². The smallest absolute Gasteiger partial charge is 0.243 e. The second-order valence-electron chi connectivity index (χ2n) is 7.96. The molecule has 152 valence electrons. The molecule has 5 heteroatoms. The van der Waals surface area contributed by atoms with E-state index in [1.54, 1.807) is 4.31 Å². The van der Waals surface area contributed by atoms with Gasteiger partial charge in [0.05, 0.1) is 4.90 Å². The van der Waals surface area contributed by atoms with Gasteiger partial charge in [-0.05, 0) is 67.6 Å².